The Bertz CT molecular complexity index is 742. The minimum Gasteiger partial charge on any atom is -0.365 e. The summed E-state index contributed by atoms with van der Waals surface area (Å²) in [5.74, 6) is 0.972. The van der Waals surface area contributed by atoms with Gasteiger partial charge in [0.05, 0.1) is 0 Å². The minimum atomic E-state index is 0. The average Bonchev–Trinajstić information content (AvgIpc) is 2.80. The Hall–Kier alpha value is -1.19. The van der Waals surface area contributed by atoms with Crippen molar-refractivity contribution in [1.82, 2.24) is 5.32 Å². The van der Waals surface area contributed by atoms with Gasteiger partial charge in [-0.1, -0.05) is 132 Å². The molecule has 1 N–H and O–H groups in total. The summed E-state index contributed by atoms with van der Waals surface area (Å²) >= 11 is 1.87. The molecule has 0 aromatic heterocycles. The molecule has 2 aromatic rings. The third-order valence-electron chi connectivity index (χ3n) is 5.82. The van der Waals surface area contributed by atoms with Crippen LogP contribution in [0.25, 0.3) is 10.8 Å². The zero-order valence-corrected chi connectivity index (χ0v) is 22.0. The number of thioether (sulfide) groups is 1. The molecule has 2 aromatic carbocycles. The molecule has 0 aliphatic rings. The zero-order valence-electron chi connectivity index (χ0n) is 20.4. The lowest BCUT2D eigenvalue weighted by molar-refractivity contribution is 0.601. The van der Waals surface area contributed by atoms with Crippen molar-refractivity contribution in [2.24, 2.45) is 4.99 Å². The number of fused-ring (bicyclic) bond motifs is 1. The molecule has 2 rings (SSSR count). The molecule has 180 valence electrons. The molecule has 0 radical (unpaired) electrons. The van der Waals surface area contributed by atoms with Crippen LogP contribution in [0.2, 0.25) is 0 Å². The number of benzene rings is 2. The Morgan fingerprint density at radius 3 is 2.12 bits per heavy atom. The summed E-state index contributed by atoms with van der Waals surface area (Å²) in [5, 5.41) is 7.48. The standard InChI is InChI=1S/C28H44N2S.ClH/c1-3-5-7-9-11-15-22-29-28(30-23-16-12-10-8-6-4-2)31-24-26-20-17-19-25-18-13-14-21-27(25)26;/h13-14,17-21H,3-12,15-16,22-24H2,1-2H3,(H,29,30);1H. The summed E-state index contributed by atoms with van der Waals surface area (Å²) in [4.78, 5) is 4.95. The smallest absolute Gasteiger partial charge is 0.156 e. The molecule has 2 nitrogen and oxygen atoms in total. The minimum absolute atomic E-state index is 0. The highest BCUT2D eigenvalue weighted by Crippen LogP contribution is 2.23. The number of rotatable bonds is 16. The predicted octanol–water partition coefficient (Wildman–Crippen LogP) is 9.16. The predicted molar refractivity (Wildman–Crippen MR) is 150 cm³/mol. The van der Waals surface area contributed by atoms with Crippen molar-refractivity contribution >= 4 is 40.1 Å². The fourth-order valence-corrected chi connectivity index (χ4v) is 4.82. The second-order valence-corrected chi connectivity index (χ2v) is 9.54. The maximum Gasteiger partial charge on any atom is 0.156 e. The van der Waals surface area contributed by atoms with Gasteiger partial charge in [0.15, 0.2) is 5.17 Å². The van der Waals surface area contributed by atoms with Gasteiger partial charge < -0.3 is 5.32 Å². The maximum absolute atomic E-state index is 4.95. The maximum atomic E-state index is 4.95. The molecule has 4 heteroatoms. The van der Waals surface area contributed by atoms with E-state index in [0.717, 1.165) is 24.0 Å². The number of halogens is 1. The van der Waals surface area contributed by atoms with Gasteiger partial charge in [-0.2, -0.15) is 0 Å². The summed E-state index contributed by atoms with van der Waals surface area (Å²) in [6.45, 7) is 6.55. The fraction of sp³-hybridized carbons (Fsp3) is 0.607. The van der Waals surface area contributed by atoms with Crippen molar-refractivity contribution in [1.29, 1.82) is 0 Å². The van der Waals surface area contributed by atoms with E-state index >= 15 is 0 Å². The van der Waals surface area contributed by atoms with E-state index in [0.29, 0.717) is 0 Å². The number of nitrogens with zero attached hydrogens (tertiary/aromatic N) is 1. The van der Waals surface area contributed by atoms with Crippen LogP contribution in [0.15, 0.2) is 47.5 Å². The number of unbranched alkanes of at least 4 members (excludes halogenated alkanes) is 10. The van der Waals surface area contributed by atoms with Crippen molar-refractivity contribution in [2.75, 3.05) is 13.1 Å². The summed E-state index contributed by atoms with van der Waals surface area (Å²) in [7, 11) is 0. The van der Waals surface area contributed by atoms with Gasteiger partial charge in [0.25, 0.3) is 0 Å². The van der Waals surface area contributed by atoms with E-state index < -0.39 is 0 Å². The lowest BCUT2D eigenvalue weighted by Gasteiger charge is -2.11. The molecule has 0 aliphatic carbocycles. The van der Waals surface area contributed by atoms with E-state index in [9.17, 15) is 0 Å². The van der Waals surface area contributed by atoms with Gasteiger partial charge in [-0.05, 0) is 29.2 Å². The van der Waals surface area contributed by atoms with Gasteiger partial charge in [-0.3, -0.25) is 4.99 Å². The van der Waals surface area contributed by atoms with Crippen molar-refractivity contribution in [3.8, 4) is 0 Å². The third kappa shape index (κ3) is 12.2. The topological polar surface area (TPSA) is 24.4 Å². The molecule has 0 saturated heterocycles. The number of hydrogen-bond acceptors (Lipinski definition) is 2. The fourth-order valence-electron chi connectivity index (χ4n) is 3.89. The Labute approximate surface area is 207 Å². The molecule has 0 saturated carbocycles. The van der Waals surface area contributed by atoms with E-state index in [1.807, 2.05) is 11.8 Å². The average molecular weight is 477 g/mol. The van der Waals surface area contributed by atoms with E-state index in [2.05, 4.69) is 61.6 Å². The van der Waals surface area contributed by atoms with Gasteiger partial charge in [0.2, 0.25) is 0 Å². The SMILES string of the molecule is CCCCCCCCN=C(NCCCCCCCC)SCc1cccc2ccccc12.Cl. The van der Waals surface area contributed by atoms with Crippen LogP contribution in [0.5, 0.6) is 0 Å². The Morgan fingerprint density at radius 1 is 0.750 bits per heavy atom. The molecule has 0 unspecified atom stereocenters. The molecule has 32 heavy (non-hydrogen) atoms. The van der Waals surface area contributed by atoms with E-state index in [1.165, 1.54) is 93.4 Å². The van der Waals surface area contributed by atoms with E-state index in [-0.39, 0.29) is 12.4 Å². The molecule has 0 spiro atoms. The van der Waals surface area contributed by atoms with Gasteiger partial charge in [0.1, 0.15) is 0 Å². The van der Waals surface area contributed by atoms with Crippen molar-refractivity contribution in [3.05, 3.63) is 48.0 Å². The van der Waals surface area contributed by atoms with Gasteiger partial charge in [-0.25, -0.2) is 0 Å². The van der Waals surface area contributed by atoms with Crippen LogP contribution in [0.1, 0.15) is 96.5 Å². The second kappa shape index (κ2) is 19.3. The first-order valence-electron chi connectivity index (χ1n) is 12.7. The molecule has 0 heterocycles. The van der Waals surface area contributed by atoms with Crippen LogP contribution in [0, 0.1) is 0 Å². The highest BCUT2D eigenvalue weighted by atomic mass is 35.5. The molecular formula is C28H45ClN2S. The van der Waals surface area contributed by atoms with Crippen LogP contribution >= 0.6 is 24.2 Å². The Kier molecular flexibility index (Phi) is 17.4. The Morgan fingerprint density at radius 2 is 1.38 bits per heavy atom. The summed E-state index contributed by atoms with van der Waals surface area (Å²) in [5.41, 5.74) is 1.40. The Balaban J connectivity index is 0.00000512. The van der Waals surface area contributed by atoms with Gasteiger partial charge >= 0.3 is 0 Å². The number of hydrogen-bond donors (Lipinski definition) is 1. The third-order valence-corrected chi connectivity index (χ3v) is 6.82. The van der Waals surface area contributed by atoms with Crippen molar-refractivity contribution < 1.29 is 0 Å². The molecule has 0 bridgehead atoms. The van der Waals surface area contributed by atoms with Crippen LogP contribution in [-0.2, 0) is 5.75 Å². The largest absolute Gasteiger partial charge is 0.365 e. The highest BCUT2D eigenvalue weighted by Gasteiger charge is 2.05. The normalized spacial score (nSPS) is 11.5. The first-order valence-corrected chi connectivity index (χ1v) is 13.7. The first-order chi connectivity index (χ1) is 15.3. The number of amidine groups is 1. The van der Waals surface area contributed by atoms with E-state index in [4.69, 9.17) is 4.99 Å². The molecule has 0 aliphatic heterocycles. The summed E-state index contributed by atoms with van der Waals surface area (Å²) < 4.78 is 0. The number of nitrogens with one attached hydrogen (secondary N) is 1. The quantitative estimate of drug-likeness (QED) is 0.148. The van der Waals surface area contributed by atoms with Crippen LogP contribution in [-0.4, -0.2) is 18.3 Å². The van der Waals surface area contributed by atoms with Crippen molar-refractivity contribution in [2.45, 2.75) is 96.7 Å². The number of aliphatic imine (C=N–C) groups is 1. The van der Waals surface area contributed by atoms with Crippen molar-refractivity contribution in [3.63, 3.8) is 0 Å². The van der Waals surface area contributed by atoms with Crippen LogP contribution < -0.4 is 5.32 Å². The molecule has 0 amide bonds. The van der Waals surface area contributed by atoms with Crippen LogP contribution in [0.4, 0.5) is 0 Å². The molecule has 0 atom stereocenters. The lowest BCUT2D eigenvalue weighted by Crippen LogP contribution is -2.22. The highest BCUT2D eigenvalue weighted by molar-refractivity contribution is 8.13. The van der Waals surface area contributed by atoms with Gasteiger partial charge in [0, 0.05) is 18.8 Å². The lowest BCUT2D eigenvalue weighted by atomic mass is 10.1. The molecular weight excluding hydrogens is 432 g/mol. The monoisotopic (exact) mass is 476 g/mol. The van der Waals surface area contributed by atoms with Gasteiger partial charge in [-0.15, -0.1) is 12.4 Å². The van der Waals surface area contributed by atoms with Crippen LogP contribution in [0.3, 0.4) is 0 Å². The summed E-state index contributed by atoms with van der Waals surface area (Å²) in [6, 6.07) is 15.3. The second-order valence-electron chi connectivity index (χ2n) is 8.58. The molecule has 0 fully saturated rings. The van der Waals surface area contributed by atoms with E-state index in [1.54, 1.807) is 0 Å². The zero-order chi connectivity index (χ0) is 22.0. The summed E-state index contributed by atoms with van der Waals surface area (Å²) in [6.07, 6.45) is 15.9. The first kappa shape index (κ1) is 28.8.